The highest BCUT2D eigenvalue weighted by atomic mass is 35.5. The van der Waals surface area contributed by atoms with Gasteiger partial charge in [-0.3, -0.25) is 0 Å². The first-order valence-corrected chi connectivity index (χ1v) is 9.42. The smallest absolute Gasteiger partial charge is 0.338 e. The summed E-state index contributed by atoms with van der Waals surface area (Å²) in [6.07, 6.45) is 0.606. The molecule has 0 spiro atoms. The summed E-state index contributed by atoms with van der Waals surface area (Å²) < 4.78 is 4.92. The van der Waals surface area contributed by atoms with E-state index in [2.05, 4.69) is 11.2 Å². The third-order valence-electron chi connectivity index (χ3n) is 5.16. The molecule has 1 aliphatic rings. The van der Waals surface area contributed by atoms with Crippen molar-refractivity contribution >= 4 is 34.1 Å². The molecule has 0 aliphatic carbocycles. The van der Waals surface area contributed by atoms with E-state index >= 15 is 0 Å². The van der Waals surface area contributed by atoms with E-state index in [1.807, 2.05) is 56.3 Å². The largest absolute Gasteiger partial charge is 0.465 e. The van der Waals surface area contributed by atoms with Gasteiger partial charge in [-0.15, -0.1) is 0 Å². The molecule has 3 aromatic rings. The monoisotopic (exact) mass is 393 g/mol. The number of fused-ring (bicyclic) bond motifs is 1. The molecule has 0 fully saturated rings. The summed E-state index contributed by atoms with van der Waals surface area (Å²) in [5.41, 5.74) is 3.81. The van der Waals surface area contributed by atoms with Crippen LogP contribution in [0.2, 0.25) is 5.02 Å². The molecular weight excluding hydrogens is 374 g/mol. The molecule has 1 atom stereocenters. The molecule has 1 heterocycles. The van der Waals surface area contributed by atoms with E-state index in [0.717, 1.165) is 33.2 Å². The topological polar surface area (TPSA) is 47.9 Å². The van der Waals surface area contributed by atoms with E-state index in [-0.39, 0.29) is 5.97 Å². The highest BCUT2D eigenvalue weighted by Crippen LogP contribution is 2.39. The van der Waals surface area contributed by atoms with Gasteiger partial charge in [-0.1, -0.05) is 53.2 Å². The Labute approximate surface area is 168 Å². The number of halogens is 1. The summed E-state index contributed by atoms with van der Waals surface area (Å²) in [5, 5.41) is 6.86. The van der Waals surface area contributed by atoms with Crippen LogP contribution in [0.4, 0.5) is 0 Å². The Hall–Kier alpha value is -2.85. The van der Waals surface area contributed by atoms with E-state index in [9.17, 15) is 4.79 Å². The van der Waals surface area contributed by atoms with Crippen molar-refractivity contribution in [1.82, 2.24) is 0 Å². The summed E-state index contributed by atoms with van der Waals surface area (Å²) >= 11 is 6.25. The average Bonchev–Trinajstić information content (AvgIpc) is 3.09. The fraction of sp³-hybridized carbons (Fsp3) is 0.217. The number of methoxy groups -OCH3 is 1. The SMILES string of the molecule is COC(=O)c1ccc(C2=NOC(C)(c3cc(C)cc(Cl)c3)C2)c2ccccc12. The minimum atomic E-state index is -0.590. The molecule has 0 aromatic heterocycles. The standard InChI is InChI=1S/C23H20ClNO3/c1-14-10-15(12-16(24)11-14)23(2)13-21(25-28-23)19-8-9-20(22(26)27-3)18-7-5-4-6-17(18)19/h4-12H,13H2,1-3H3. The van der Waals surface area contributed by atoms with Crippen molar-refractivity contribution in [2.75, 3.05) is 7.11 Å². The summed E-state index contributed by atoms with van der Waals surface area (Å²) in [5.74, 6) is -0.355. The Kier molecular flexibility index (Phi) is 4.60. The fourth-order valence-electron chi connectivity index (χ4n) is 3.72. The van der Waals surface area contributed by atoms with Gasteiger partial charge in [0.05, 0.1) is 18.4 Å². The lowest BCUT2D eigenvalue weighted by atomic mass is 9.87. The molecule has 0 bridgehead atoms. The Morgan fingerprint density at radius 2 is 1.89 bits per heavy atom. The number of carbonyl (C=O) groups excluding carboxylic acids is 1. The van der Waals surface area contributed by atoms with Crippen molar-refractivity contribution < 1.29 is 14.4 Å². The third kappa shape index (κ3) is 3.14. The number of ether oxygens (including phenoxy) is 1. The molecular formula is C23H20ClNO3. The number of oxime groups is 1. The first kappa shape index (κ1) is 18.5. The van der Waals surface area contributed by atoms with E-state index in [1.165, 1.54) is 7.11 Å². The first-order chi connectivity index (χ1) is 13.4. The summed E-state index contributed by atoms with van der Waals surface area (Å²) in [4.78, 5) is 18.0. The normalized spacial score (nSPS) is 18.6. The zero-order chi connectivity index (χ0) is 19.9. The number of aryl methyl sites for hydroxylation is 1. The van der Waals surface area contributed by atoms with Crippen LogP contribution in [-0.2, 0) is 15.2 Å². The molecule has 0 N–H and O–H groups in total. The van der Waals surface area contributed by atoms with Crippen LogP contribution in [0.5, 0.6) is 0 Å². The Morgan fingerprint density at radius 3 is 2.61 bits per heavy atom. The fourth-order valence-corrected chi connectivity index (χ4v) is 4.01. The summed E-state index contributed by atoms with van der Waals surface area (Å²) in [6, 6.07) is 17.4. The number of carbonyl (C=O) groups is 1. The molecule has 0 radical (unpaired) electrons. The van der Waals surface area contributed by atoms with E-state index in [4.69, 9.17) is 21.2 Å². The maximum absolute atomic E-state index is 12.1. The minimum Gasteiger partial charge on any atom is -0.465 e. The van der Waals surface area contributed by atoms with Crippen LogP contribution in [0.3, 0.4) is 0 Å². The molecule has 1 unspecified atom stereocenters. The number of hydrogen-bond acceptors (Lipinski definition) is 4. The van der Waals surface area contributed by atoms with Crippen LogP contribution in [0.1, 0.15) is 40.4 Å². The number of esters is 1. The van der Waals surface area contributed by atoms with Crippen LogP contribution in [0.25, 0.3) is 10.8 Å². The number of benzene rings is 3. The van der Waals surface area contributed by atoms with E-state index < -0.39 is 5.60 Å². The third-order valence-corrected chi connectivity index (χ3v) is 5.37. The number of nitrogens with zero attached hydrogens (tertiary/aromatic N) is 1. The predicted molar refractivity (Wildman–Crippen MR) is 111 cm³/mol. The van der Waals surface area contributed by atoms with Gasteiger partial charge in [0.1, 0.15) is 0 Å². The first-order valence-electron chi connectivity index (χ1n) is 9.04. The lowest BCUT2D eigenvalue weighted by Gasteiger charge is -2.22. The lowest BCUT2D eigenvalue weighted by Crippen LogP contribution is -2.22. The van der Waals surface area contributed by atoms with Gasteiger partial charge in [-0.05, 0) is 53.9 Å². The van der Waals surface area contributed by atoms with Crippen LogP contribution in [-0.4, -0.2) is 18.8 Å². The molecule has 0 saturated carbocycles. The van der Waals surface area contributed by atoms with Gasteiger partial charge in [0.25, 0.3) is 0 Å². The van der Waals surface area contributed by atoms with Crippen LogP contribution in [0, 0.1) is 6.92 Å². The van der Waals surface area contributed by atoms with Crippen molar-refractivity contribution in [2.24, 2.45) is 5.16 Å². The highest BCUT2D eigenvalue weighted by molar-refractivity contribution is 6.30. The molecule has 4 nitrogen and oxygen atoms in total. The molecule has 142 valence electrons. The highest BCUT2D eigenvalue weighted by Gasteiger charge is 2.37. The van der Waals surface area contributed by atoms with Gasteiger partial charge in [-0.2, -0.15) is 0 Å². The molecule has 0 amide bonds. The van der Waals surface area contributed by atoms with Crippen LogP contribution >= 0.6 is 11.6 Å². The predicted octanol–water partition coefficient (Wildman–Crippen LogP) is 5.63. The number of hydrogen-bond donors (Lipinski definition) is 0. The zero-order valence-electron chi connectivity index (χ0n) is 16.0. The van der Waals surface area contributed by atoms with Gasteiger partial charge in [0.2, 0.25) is 0 Å². The lowest BCUT2D eigenvalue weighted by molar-refractivity contribution is -0.00742. The average molecular weight is 394 g/mol. The Bertz CT molecular complexity index is 1100. The van der Waals surface area contributed by atoms with Crippen molar-refractivity contribution in [3.8, 4) is 0 Å². The molecule has 3 aromatic carbocycles. The summed E-state index contributed by atoms with van der Waals surface area (Å²) in [6.45, 7) is 4.02. The minimum absolute atomic E-state index is 0.355. The quantitative estimate of drug-likeness (QED) is 0.542. The Balaban J connectivity index is 1.75. The van der Waals surface area contributed by atoms with Crippen molar-refractivity contribution in [3.05, 3.63) is 81.9 Å². The maximum Gasteiger partial charge on any atom is 0.338 e. The molecule has 5 heteroatoms. The van der Waals surface area contributed by atoms with Gasteiger partial charge >= 0.3 is 5.97 Å². The van der Waals surface area contributed by atoms with Gasteiger partial charge in [-0.25, -0.2) is 4.79 Å². The number of rotatable bonds is 3. The summed E-state index contributed by atoms with van der Waals surface area (Å²) in [7, 11) is 1.39. The second-order valence-corrected chi connectivity index (χ2v) is 7.69. The van der Waals surface area contributed by atoms with Crippen molar-refractivity contribution in [1.29, 1.82) is 0 Å². The van der Waals surface area contributed by atoms with Crippen molar-refractivity contribution in [2.45, 2.75) is 25.9 Å². The van der Waals surface area contributed by atoms with Crippen molar-refractivity contribution in [3.63, 3.8) is 0 Å². The molecule has 4 rings (SSSR count). The van der Waals surface area contributed by atoms with E-state index in [0.29, 0.717) is 17.0 Å². The molecule has 0 saturated heterocycles. The molecule has 1 aliphatic heterocycles. The van der Waals surface area contributed by atoms with Crippen LogP contribution < -0.4 is 0 Å². The molecule has 28 heavy (non-hydrogen) atoms. The van der Waals surface area contributed by atoms with Gasteiger partial charge in [0, 0.05) is 17.0 Å². The van der Waals surface area contributed by atoms with Crippen LogP contribution in [0.15, 0.2) is 59.8 Å². The van der Waals surface area contributed by atoms with E-state index in [1.54, 1.807) is 6.07 Å². The van der Waals surface area contributed by atoms with Gasteiger partial charge in [0.15, 0.2) is 5.60 Å². The Morgan fingerprint density at radius 1 is 1.14 bits per heavy atom. The maximum atomic E-state index is 12.1. The van der Waals surface area contributed by atoms with Gasteiger partial charge < -0.3 is 9.57 Å². The second-order valence-electron chi connectivity index (χ2n) is 7.25. The second kappa shape index (κ2) is 6.95. The zero-order valence-corrected chi connectivity index (χ0v) is 16.7.